The Balaban J connectivity index is 2.10. The zero-order valence-electron chi connectivity index (χ0n) is 8.30. The molecule has 1 N–H and O–H groups in total. The summed E-state index contributed by atoms with van der Waals surface area (Å²) in [5.41, 5.74) is -0.169. The van der Waals surface area contributed by atoms with E-state index in [-0.39, 0.29) is 17.7 Å². The molecule has 1 aliphatic heterocycles. The van der Waals surface area contributed by atoms with Gasteiger partial charge in [-0.1, -0.05) is 13.3 Å². The Labute approximate surface area is 78.8 Å². The monoisotopic (exact) mass is 183 g/mol. The summed E-state index contributed by atoms with van der Waals surface area (Å²) in [5, 5.41) is 2.83. The van der Waals surface area contributed by atoms with Crippen molar-refractivity contribution >= 4 is 6.09 Å². The Hall–Kier alpha value is -0.730. The van der Waals surface area contributed by atoms with Crippen molar-refractivity contribution in [2.24, 2.45) is 5.92 Å². The Bertz CT molecular complexity index is 229. The SMILES string of the molecule is CCC1CCC2(C1)OC(=O)NC2C. The van der Waals surface area contributed by atoms with Gasteiger partial charge in [0.2, 0.25) is 0 Å². The number of hydrogen-bond acceptors (Lipinski definition) is 2. The molecule has 1 amide bonds. The third-order valence-electron chi connectivity index (χ3n) is 3.61. The Morgan fingerprint density at radius 3 is 2.92 bits per heavy atom. The highest BCUT2D eigenvalue weighted by atomic mass is 16.6. The topological polar surface area (TPSA) is 38.3 Å². The largest absolute Gasteiger partial charge is 0.441 e. The highest BCUT2D eigenvalue weighted by molar-refractivity contribution is 5.71. The van der Waals surface area contributed by atoms with Gasteiger partial charge in [-0.3, -0.25) is 0 Å². The lowest BCUT2D eigenvalue weighted by Gasteiger charge is -2.25. The van der Waals surface area contributed by atoms with Crippen LogP contribution in [0.5, 0.6) is 0 Å². The number of alkyl carbamates (subject to hydrolysis) is 1. The number of amides is 1. The molecule has 2 rings (SSSR count). The van der Waals surface area contributed by atoms with Crippen molar-refractivity contribution in [3.05, 3.63) is 0 Å². The molecule has 13 heavy (non-hydrogen) atoms. The zero-order chi connectivity index (χ0) is 9.47. The molecule has 0 aromatic carbocycles. The van der Waals surface area contributed by atoms with Crippen molar-refractivity contribution in [2.75, 3.05) is 0 Å². The maximum absolute atomic E-state index is 11.1. The molecule has 1 heterocycles. The zero-order valence-corrected chi connectivity index (χ0v) is 8.30. The summed E-state index contributed by atoms with van der Waals surface area (Å²) in [4.78, 5) is 11.1. The summed E-state index contributed by atoms with van der Waals surface area (Å²) in [5.74, 6) is 0.746. The molecule has 0 radical (unpaired) electrons. The second-order valence-corrected chi connectivity index (χ2v) is 4.34. The number of rotatable bonds is 1. The molecule has 2 fully saturated rings. The van der Waals surface area contributed by atoms with Crippen molar-refractivity contribution < 1.29 is 9.53 Å². The summed E-state index contributed by atoms with van der Waals surface area (Å²) in [7, 11) is 0. The van der Waals surface area contributed by atoms with Crippen molar-refractivity contribution in [3.8, 4) is 0 Å². The molecule has 0 aromatic rings. The number of nitrogens with one attached hydrogen (secondary N) is 1. The van der Waals surface area contributed by atoms with E-state index in [1.807, 2.05) is 6.92 Å². The molecule has 1 spiro atoms. The van der Waals surface area contributed by atoms with Crippen molar-refractivity contribution in [1.82, 2.24) is 5.32 Å². The van der Waals surface area contributed by atoms with Crippen LogP contribution in [-0.4, -0.2) is 17.7 Å². The lowest BCUT2D eigenvalue weighted by Crippen LogP contribution is -2.39. The Kier molecular flexibility index (Phi) is 1.97. The fourth-order valence-corrected chi connectivity index (χ4v) is 2.59. The average molecular weight is 183 g/mol. The number of carbonyl (C=O) groups excluding carboxylic acids is 1. The van der Waals surface area contributed by atoms with Crippen LogP contribution in [0.25, 0.3) is 0 Å². The summed E-state index contributed by atoms with van der Waals surface area (Å²) in [6, 6.07) is 0.191. The van der Waals surface area contributed by atoms with Crippen LogP contribution in [0.15, 0.2) is 0 Å². The van der Waals surface area contributed by atoms with Gasteiger partial charge in [-0.25, -0.2) is 4.79 Å². The van der Waals surface area contributed by atoms with Gasteiger partial charge in [0.1, 0.15) is 5.60 Å². The van der Waals surface area contributed by atoms with E-state index in [0.29, 0.717) is 0 Å². The summed E-state index contributed by atoms with van der Waals surface area (Å²) in [6.45, 7) is 4.25. The fourth-order valence-electron chi connectivity index (χ4n) is 2.59. The molecule has 74 valence electrons. The molecular formula is C10H17NO2. The molecule has 1 saturated carbocycles. The molecule has 3 atom stereocenters. The van der Waals surface area contributed by atoms with E-state index in [0.717, 1.165) is 18.8 Å². The first-order chi connectivity index (χ1) is 6.16. The van der Waals surface area contributed by atoms with Crippen LogP contribution in [0.1, 0.15) is 39.5 Å². The molecular weight excluding hydrogens is 166 g/mol. The molecule has 0 bridgehead atoms. The van der Waals surface area contributed by atoms with E-state index in [2.05, 4.69) is 12.2 Å². The fraction of sp³-hybridized carbons (Fsp3) is 0.900. The minimum absolute atomic E-state index is 0.169. The molecule has 3 heteroatoms. The van der Waals surface area contributed by atoms with E-state index in [1.54, 1.807) is 0 Å². The van der Waals surface area contributed by atoms with Gasteiger partial charge in [0.05, 0.1) is 6.04 Å². The minimum atomic E-state index is -0.232. The summed E-state index contributed by atoms with van der Waals surface area (Å²) < 4.78 is 5.40. The third-order valence-corrected chi connectivity index (χ3v) is 3.61. The van der Waals surface area contributed by atoms with Crippen LogP contribution >= 0.6 is 0 Å². The van der Waals surface area contributed by atoms with E-state index < -0.39 is 0 Å². The minimum Gasteiger partial charge on any atom is -0.441 e. The third kappa shape index (κ3) is 1.30. The van der Waals surface area contributed by atoms with Crippen LogP contribution < -0.4 is 5.32 Å². The highest BCUT2D eigenvalue weighted by Gasteiger charge is 2.50. The van der Waals surface area contributed by atoms with Gasteiger partial charge in [0, 0.05) is 0 Å². The van der Waals surface area contributed by atoms with Crippen LogP contribution in [0.3, 0.4) is 0 Å². The van der Waals surface area contributed by atoms with Crippen molar-refractivity contribution in [2.45, 2.75) is 51.2 Å². The van der Waals surface area contributed by atoms with E-state index in [9.17, 15) is 4.79 Å². The maximum atomic E-state index is 11.1. The molecule has 3 unspecified atom stereocenters. The van der Waals surface area contributed by atoms with Gasteiger partial charge in [0.15, 0.2) is 0 Å². The van der Waals surface area contributed by atoms with E-state index in [1.165, 1.54) is 12.8 Å². The molecule has 0 aromatic heterocycles. The standard InChI is InChI=1S/C10H17NO2/c1-3-8-4-5-10(6-8)7(2)11-9(12)13-10/h7-8H,3-6H2,1-2H3,(H,11,12). The molecule has 3 nitrogen and oxygen atoms in total. The van der Waals surface area contributed by atoms with Gasteiger partial charge in [-0.05, 0) is 32.1 Å². The molecule has 2 aliphatic rings. The normalized spacial score (nSPS) is 43.7. The highest BCUT2D eigenvalue weighted by Crippen LogP contribution is 2.43. The first-order valence-electron chi connectivity index (χ1n) is 5.16. The lowest BCUT2D eigenvalue weighted by molar-refractivity contribution is 0.0421. The van der Waals surface area contributed by atoms with Gasteiger partial charge in [-0.15, -0.1) is 0 Å². The van der Waals surface area contributed by atoms with E-state index in [4.69, 9.17) is 4.74 Å². The lowest BCUT2D eigenvalue weighted by atomic mass is 9.92. The van der Waals surface area contributed by atoms with Gasteiger partial charge in [-0.2, -0.15) is 0 Å². The maximum Gasteiger partial charge on any atom is 0.408 e. The predicted octanol–water partition coefficient (Wildman–Crippen LogP) is 2.06. The number of hydrogen-bond donors (Lipinski definition) is 1. The van der Waals surface area contributed by atoms with Gasteiger partial charge in [0.25, 0.3) is 0 Å². The second-order valence-electron chi connectivity index (χ2n) is 4.34. The van der Waals surface area contributed by atoms with Gasteiger partial charge >= 0.3 is 6.09 Å². The smallest absolute Gasteiger partial charge is 0.408 e. The van der Waals surface area contributed by atoms with E-state index >= 15 is 0 Å². The van der Waals surface area contributed by atoms with Crippen molar-refractivity contribution in [3.63, 3.8) is 0 Å². The Morgan fingerprint density at radius 1 is 1.69 bits per heavy atom. The van der Waals surface area contributed by atoms with Crippen LogP contribution in [0.4, 0.5) is 4.79 Å². The summed E-state index contributed by atoms with van der Waals surface area (Å²) >= 11 is 0. The second kappa shape index (κ2) is 2.89. The average Bonchev–Trinajstić information content (AvgIpc) is 2.59. The predicted molar refractivity (Wildman–Crippen MR) is 49.4 cm³/mol. The Morgan fingerprint density at radius 2 is 2.46 bits per heavy atom. The number of ether oxygens (including phenoxy) is 1. The van der Waals surface area contributed by atoms with Crippen molar-refractivity contribution in [1.29, 1.82) is 0 Å². The molecule has 1 saturated heterocycles. The first kappa shape index (κ1) is 8.85. The first-order valence-corrected chi connectivity index (χ1v) is 5.16. The summed E-state index contributed by atoms with van der Waals surface area (Å²) in [6.07, 6.45) is 4.25. The quantitative estimate of drug-likeness (QED) is 0.675. The number of carbonyl (C=O) groups is 1. The molecule has 1 aliphatic carbocycles. The van der Waals surface area contributed by atoms with Gasteiger partial charge < -0.3 is 10.1 Å². The van der Waals surface area contributed by atoms with Crippen LogP contribution in [0.2, 0.25) is 0 Å². The van der Waals surface area contributed by atoms with Crippen LogP contribution in [0, 0.1) is 5.92 Å². The van der Waals surface area contributed by atoms with Crippen LogP contribution in [-0.2, 0) is 4.74 Å².